The van der Waals surface area contributed by atoms with Gasteiger partial charge in [-0.1, -0.05) is 0 Å². The van der Waals surface area contributed by atoms with Gasteiger partial charge in [-0.3, -0.25) is 4.18 Å². The van der Waals surface area contributed by atoms with Crippen LogP contribution in [-0.2, 0) is 19.0 Å². The zero-order valence-corrected chi connectivity index (χ0v) is 8.40. The molecule has 3 saturated heterocycles. The molecule has 0 aliphatic carbocycles. The van der Waals surface area contributed by atoms with Crippen LogP contribution in [0.1, 0.15) is 0 Å². The molecule has 0 saturated carbocycles. The maximum absolute atomic E-state index is 12.7. The van der Waals surface area contributed by atoms with Crippen molar-refractivity contribution >= 4 is 10.1 Å². The Kier molecular flexibility index (Phi) is 1.82. The molecule has 0 aromatic carbocycles. The Balaban J connectivity index is 2.11. The number of ether oxygens (including phenoxy) is 1. The van der Waals surface area contributed by atoms with Crippen molar-refractivity contribution in [3.8, 4) is 0 Å². The fourth-order valence-electron chi connectivity index (χ4n) is 2.72. The largest absolute Gasteiger partial charge is 0.395 e. The van der Waals surface area contributed by atoms with Crippen molar-refractivity contribution in [2.24, 2.45) is 5.92 Å². The maximum Gasteiger partial charge on any atom is 0.395 e. The minimum absolute atomic E-state index is 1.18. The third-order valence-corrected chi connectivity index (χ3v) is 5.02. The van der Waals surface area contributed by atoms with E-state index in [1.54, 1.807) is 0 Å². The van der Waals surface area contributed by atoms with Gasteiger partial charge in [-0.2, -0.15) is 21.6 Å². The van der Waals surface area contributed by atoms with Crippen molar-refractivity contribution in [3.63, 3.8) is 0 Å². The van der Waals surface area contributed by atoms with Crippen LogP contribution in [-0.4, -0.2) is 49.4 Å². The minimum atomic E-state index is -4.73. The Morgan fingerprint density at radius 3 is 2.31 bits per heavy atom. The molecule has 6 unspecified atom stereocenters. The van der Waals surface area contributed by atoms with Gasteiger partial charge in [0, 0.05) is 0 Å². The van der Waals surface area contributed by atoms with Gasteiger partial charge >= 0.3 is 6.18 Å². The number of halogens is 3. The van der Waals surface area contributed by atoms with E-state index >= 15 is 0 Å². The minimum Gasteiger partial charge on any atom is -0.388 e. The predicted octanol–water partition coefficient (Wildman–Crippen LogP) is -0.596. The Morgan fingerprint density at radius 2 is 1.75 bits per heavy atom. The van der Waals surface area contributed by atoms with Gasteiger partial charge in [0.1, 0.15) is 29.5 Å². The van der Waals surface area contributed by atoms with Gasteiger partial charge in [-0.25, -0.2) is 0 Å². The molecule has 5 nitrogen and oxygen atoms in total. The molecule has 6 atom stereocenters. The fourth-order valence-corrected chi connectivity index (χ4v) is 4.60. The zero-order chi connectivity index (χ0) is 11.9. The first kappa shape index (κ1) is 10.8. The average molecular weight is 260 g/mol. The molecule has 0 radical (unpaired) electrons. The fraction of sp³-hybridized carbons (Fsp3) is 1.00. The number of fused-ring (bicyclic) bond motifs is 1. The van der Waals surface area contributed by atoms with Crippen LogP contribution in [0.3, 0.4) is 0 Å². The Bertz CT molecular complexity index is 432. The van der Waals surface area contributed by atoms with Crippen LogP contribution in [0.2, 0.25) is 0 Å². The van der Waals surface area contributed by atoms with E-state index in [1.165, 1.54) is 0 Å². The van der Waals surface area contributed by atoms with Crippen molar-refractivity contribution in [1.29, 1.82) is 0 Å². The highest BCUT2D eigenvalue weighted by molar-refractivity contribution is 7.87. The predicted molar refractivity (Wildman–Crippen MR) is 41.8 cm³/mol. The molecule has 3 fully saturated rings. The van der Waals surface area contributed by atoms with Crippen LogP contribution >= 0.6 is 0 Å². The molecule has 2 bridgehead atoms. The van der Waals surface area contributed by atoms with Gasteiger partial charge in [-0.05, 0) is 0 Å². The van der Waals surface area contributed by atoms with E-state index in [4.69, 9.17) is 4.74 Å². The van der Waals surface area contributed by atoms with Crippen LogP contribution in [0, 0.1) is 5.92 Å². The second kappa shape index (κ2) is 2.71. The molecule has 3 aliphatic rings. The molecular formula is C7H7F3O5S. The normalized spacial score (nSPS) is 53.5. The van der Waals surface area contributed by atoms with Crippen molar-refractivity contribution in [3.05, 3.63) is 0 Å². The summed E-state index contributed by atoms with van der Waals surface area (Å²) in [5.41, 5.74) is 0. The smallest absolute Gasteiger partial charge is 0.388 e. The van der Waals surface area contributed by atoms with E-state index in [-0.39, 0.29) is 0 Å². The summed E-state index contributed by atoms with van der Waals surface area (Å²) < 4.78 is 70.1. The Hall–Kier alpha value is -0.380. The van der Waals surface area contributed by atoms with Gasteiger partial charge in [0.25, 0.3) is 10.1 Å². The van der Waals surface area contributed by atoms with E-state index in [0.717, 1.165) is 0 Å². The first-order chi connectivity index (χ1) is 7.23. The monoisotopic (exact) mass is 260 g/mol. The molecule has 0 amide bonds. The second-order valence-corrected chi connectivity index (χ2v) is 5.86. The lowest BCUT2D eigenvalue weighted by atomic mass is 9.84. The van der Waals surface area contributed by atoms with Crippen molar-refractivity contribution < 1.29 is 35.6 Å². The molecule has 9 heteroatoms. The summed E-state index contributed by atoms with van der Waals surface area (Å²) >= 11 is 0. The van der Waals surface area contributed by atoms with Crippen LogP contribution in [0.15, 0.2) is 0 Å². The van der Waals surface area contributed by atoms with Gasteiger partial charge in [0.2, 0.25) is 0 Å². The molecule has 0 aromatic heterocycles. The van der Waals surface area contributed by atoms with Gasteiger partial charge in [-0.15, -0.1) is 0 Å². The standard InChI is InChI=1S/C7H7F3O5S/c8-7(9,10)1-3-2(11)4-5(14-3)6(1)16(12,13)15-4/h1-6,11H. The maximum atomic E-state index is 12.7. The molecule has 92 valence electrons. The average Bonchev–Trinajstić information content (AvgIpc) is 2.66. The van der Waals surface area contributed by atoms with Gasteiger partial charge in [0.05, 0.1) is 6.10 Å². The van der Waals surface area contributed by atoms with Gasteiger partial charge in [0.15, 0.2) is 0 Å². The van der Waals surface area contributed by atoms with Gasteiger partial charge < -0.3 is 9.84 Å². The third kappa shape index (κ3) is 1.09. The Morgan fingerprint density at radius 1 is 1.12 bits per heavy atom. The number of aliphatic hydroxyl groups is 1. The topological polar surface area (TPSA) is 72.8 Å². The number of rotatable bonds is 0. The van der Waals surface area contributed by atoms with E-state index < -0.39 is 51.9 Å². The van der Waals surface area contributed by atoms with E-state index in [2.05, 4.69) is 4.18 Å². The van der Waals surface area contributed by atoms with Crippen LogP contribution in [0.4, 0.5) is 13.2 Å². The van der Waals surface area contributed by atoms with Crippen molar-refractivity contribution in [2.45, 2.75) is 35.8 Å². The van der Waals surface area contributed by atoms with E-state index in [0.29, 0.717) is 0 Å². The lowest BCUT2D eigenvalue weighted by Gasteiger charge is -2.26. The third-order valence-electron chi connectivity index (χ3n) is 3.30. The number of hydrogen-bond donors (Lipinski definition) is 1. The molecule has 16 heavy (non-hydrogen) atoms. The lowest BCUT2D eigenvalue weighted by molar-refractivity contribution is -0.194. The highest BCUT2D eigenvalue weighted by Gasteiger charge is 2.75. The summed E-state index contributed by atoms with van der Waals surface area (Å²) in [6, 6.07) is 0. The van der Waals surface area contributed by atoms with E-state index in [9.17, 15) is 26.7 Å². The molecule has 3 rings (SSSR count). The lowest BCUT2D eigenvalue weighted by Crippen LogP contribution is -2.50. The molecule has 3 aliphatic heterocycles. The summed E-state index contributed by atoms with van der Waals surface area (Å²) in [6.07, 6.45) is -10.2. The molecule has 1 N–H and O–H groups in total. The molecule has 3 heterocycles. The Labute approximate surface area is 88.3 Å². The summed E-state index contributed by atoms with van der Waals surface area (Å²) in [5, 5.41) is 7.73. The highest BCUT2D eigenvalue weighted by atomic mass is 32.2. The number of alkyl halides is 3. The summed E-state index contributed by atoms with van der Waals surface area (Å²) in [7, 11) is -4.30. The summed E-state index contributed by atoms with van der Waals surface area (Å²) in [6.45, 7) is 0. The van der Waals surface area contributed by atoms with Crippen LogP contribution in [0.5, 0.6) is 0 Å². The first-order valence-corrected chi connectivity index (χ1v) is 6.03. The van der Waals surface area contributed by atoms with Crippen LogP contribution < -0.4 is 0 Å². The molecule has 0 spiro atoms. The highest BCUT2D eigenvalue weighted by Crippen LogP contribution is 2.54. The molecular weight excluding hydrogens is 253 g/mol. The zero-order valence-electron chi connectivity index (χ0n) is 7.59. The first-order valence-electron chi connectivity index (χ1n) is 4.56. The number of aliphatic hydroxyl groups excluding tert-OH is 1. The number of hydrogen-bond acceptors (Lipinski definition) is 5. The van der Waals surface area contributed by atoms with Crippen molar-refractivity contribution in [1.82, 2.24) is 0 Å². The van der Waals surface area contributed by atoms with Crippen LogP contribution in [0.25, 0.3) is 0 Å². The summed E-state index contributed by atoms with van der Waals surface area (Å²) in [4.78, 5) is 0. The van der Waals surface area contributed by atoms with Crippen molar-refractivity contribution in [2.75, 3.05) is 0 Å². The SMILES string of the molecule is O=S1(=O)OC2C(O)C3OC2C1C3C(F)(F)F. The summed E-state index contributed by atoms with van der Waals surface area (Å²) in [5.74, 6) is -2.20. The quantitative estimate of drug-likeness (QED) is 0.589. The molecule has 0 aromatic rings. The van der Waals surface area contributed by atoms with E-state index in [1.807, 2.05) is 0 Å². The second-order valence-electron chi connectivity index (χ2n) is 4.14.